The van der Waals surface area contributed by atoms with Gasteiger partial charge in [-0.2, -0.15) is 0 Å². The molecule has 0 spiro atoms. The van der Waals surface area contributed by atoms with E-state index >= 15 is 0 Å². The van der Waals surface area contributed by atoms with Crippen LogP contribution in [0.4, 0.5) is 0 Å². The SMILES string of the molecule is C=CCC12CCCC[C@@](C)(CC1C)N2C. The fourth-order valence-electron chi connectivity index (χ4n) is 4.17. The molecule has 1 heteroatoms. The van der Waals surface area contributed by atoms with E-state index in [1.807, 2.05) is 0 Å². The topological polar surface area (TPSA) is 3.24 Å². The molecule has 2 heterocycles. The molecule has 2 unspecified atom stereocenters. The van der Waals surface area contributed by atoms with Crippen LogP contribution in [-0.2, 0) is 0 Å². The number of nitrogens with zero attached hydrogens (tertiary/aromatic N) is 1. The van der Waals surface area contributed by atoms with Gasteiger partial charge in [0, 0.05) is 11.1 Å². The maximum absolute atomic E-state index is 3.96. The average Bonchev–Trinajstić information content (AvgIpc) is 2.31. The second kappa shape index (κ2) is 3.62. The smallest absolute Gasteiger partial charge is 0.0272 e. The Bertz CT molecular complexity index is 260. The molecule has 2 aliphatic rings. The lowest BCUT2D eigenvalue weighted by atomic mass is 9.77. The third-order valence-corrected chi connectivity index (χ3v) is 5.21. The minimum atomic E-state index is 0.424. The van der Waals surface area contributed by atoms with Crippen LogP contribution in [-0.4, -0.2) is 23.0 Å². The first-order valence-electron chi connectivity index (χ1n) is 6.40. The standard InChI is InChI=1S/C14H25N/c1-5-8-14-10-7-6-9-13(3,15(14)4)11-12(14)2/h5,12H,1,6-11H2,2-4H3/t12?,13-,14?/m0/s1. The quantitative estimate of drug-likeness (QED) is 0.625. The molecular weight excluding hydrogens is 182 g/mol. The molecule has 0 aliphatic carbocycles. The van der Waals surface area contributed by atoms with Crippen LogP contribution in [0.2, 0.25) is 0 Å². The molecule has 1 nitrogen and oxygen atoms in total. The van der Waals surface area contributed by atoms with Crippen molar-refractivity contribution in [1.29, 1.82) is 0 Å². The highest BCUT2D eigenvalue weighted by Gasteiger charge is 2.54. The first-order chi connectivity index (χ1) is 7.05. The van der Waals surface area contributed by atoms with Gasteiger partial charge in [-0.05, 0) is 45.6 Å². The summed E-state index contributed by atoms with van der Waals surface area (Å²) in [7, 11) is 2.35. The van der Waals surface area contributed by atoms with E-state index in [0.717, 1.165) is 5.92 Å². The summed E-state index contributed by atoms with van der Waals surface area (Å²) in [5.41, 5.74) is 0.881. The van der Waals surface area contributed by atoms with Gasteiger partial charge in [0.05, 0.1) is 0 Å². The van der Waals surface area contributed by atoms with Crippen LogP contribution in [0.15, 0.2) is 12.7 Å². The van der Waals surface area contributed by atoms with E-state index in [1.165, 1.54) is 38.5 Å². The summed E-state index contributed by atoms with van der Waals surface area (Å²) in [6.07, 6.45) is 10.2. The van der Waals surface area contributed by atoms with Crippen molar-refractivity contribution < 1.29 is 0 Å². The van der Waals surface area contributed by atoms with Crippen LogP contribution in [0.25, 0.3) is 0 Å². The Morgan fingerprint density at radius 1 is 1.40 bits per heavy atom. The molecule has 0 N–H and O–H groups in total. The highest BCUT2D eigenvalue weighted by Crippen LogP contribution is 2.52. The lowest BCUT2D eigenvalue weighted by Gasteiger charge is -2.42. The molecule has 2 fully saturated rings. The van der Waals surface area contributed by atoms with E-state index in [0.29, 0.717) is 11.1 Å². The van der Waals surface area contributed by atoms with Gasteiger partial charge in [0.1, 0.15) is 0 Å². The summed E-state index contributed by atoms with van der Waals surface area (Å²) < 4.78 is 0. The fourth-order valence-corrected chi connectivity index (χ4v) is 4.17. The summed E-state index contributed by atoms with van der Waals surface area (Å²) in [6, 6.07) is 0. The summed E-state index contributed by atoms with van der Waals surface area (Å²) in [5.74, 6) is 0.825. The van der Waals surface area contributed by atoms with E-state index < -0.39 is 0 Å². The predicted molar refractivity (Wildman–Crippen MR) is 66.0 cm³/mol. The molecule has 2 aliphatic heterocycles. The first-order valence-corrected chi connectivity index (χ1v) is 6.40. The third kappa shape index (κ3) is 1.47. The van der Waals surface area contributed by atoms with Crippen molar-refractivity contribution >= 4 is 0 Å². The molecule has 0 aromatic heterocycles. The molecule has 0 amide bonds. The number of rotatable bonds is 2. The van der Waals surface area contributed by atoms with Gasteiger partial charge >= 0.3 is 0 Å². The number of hydrogen-bond donors (Lipinski definition) is 0. The Morgan fingerprint density at radius 3 is 2.73 bits per heavy atom. The summed E-state index contributed by atoms with van der Waals surface area (Å²) in [6.45, 7) is 8.86. The Hall–Kier alpha value is -0.300. The zero-order valence-corrected chi connectivity index (χ0v) is 10.6. The fraction of sp³-hybridized carbons (Fsp3) is 0.857. The zero-order valence-electron chi connectivity index (χ0n) is 10.6. The minimum absolute atomic E-state index is 0.424. The highest BCUT2D eigenvalue weighted by molar-refractivity contribution is 5.12. The summed E-state index contributed by atoms with van der Waals surface area (Å²) >= 11 is 0. The van der Waals surface area contributed by atoms with Crippen molar-refractivity contribution in [2.75, 3.05) is 7.05 Å². The lowest BCUT2D eigenvalue weighted by molar-refractivity contribution is 0.0687. The first kappa shape index (κ1) is 11.2. The van der Waals surface area contributed by atoms with Gasteiger partial charge in [-0.25, -0.2) is 0 Å². The molecule has 0 saturated carbocycles. The lowest BCUT2D eigenvalue weighted by Crippen LogP contribution is -2.50. The highest BCUT2D eigenvalue weighted by atomic mass is 15.3. The van der Waals surface area contributed by atoms with Crippen molar-refractivity contribution in [2.45, 2.75) is 63.5 Å². The molecule has 0 aromatic carbocycles. The molecule has 2 saturated heterocycles. The Morgan fingerprint density at radius 2 is 2.07 bits per heavy atom. The van der Waals surface area contributed by atoms with E-state index in [2.05, 4.69) is 38.5 Å². The van der Waals surface area contributed by atoms with E-state index in [1.54, 1.807) is 0 Å². The number of fused-ring (bicyclic) bond motifs is 2. The van der Waals surface area contributed by atoms with Gasteiger partial charge in [-0.3, -0.25) is 4.90 Å². The molecule has 0 radical (unpaired) electrons. The van der Waals surface area contributed by atoms with Crippen LogP contribution >= 0.6 is 0 Å². The molecular formula is C14H25N. The van der Waals surface area contributed by atoms with Gasteiger partial charge < -0.3 is 0 Å². The second-order valence-corrected chi connectivity index (χ2v) is 5.96. The molecule has 2 bridgehead atoms. The minimum Gasteiger partial charge on any atom is -0.295 e. The monoisotopic (exact) mass is 207 g/mol. The van der Waals surface area contributed by atoms with Gasteiger partial charge in [0.25, 0.3) is 0 Å². The summed E-state index contributed by atoms with van der Waals surface area (Å²) in [5, 5.41) is 0. The van der Waals surface area contributed by atoms with Crippen molar-refractivity contribution in [2.24, 2.45) is 5.92 Å². The molecule has 86 valence electrons. The van der Waals surface area contributed by atoms with E-state index in [-0.39, 0.29) is 0 Å². The average molecular weight is 207 g/mol. The van der Waals surface area contributed by atoms with Crippen molar-refractivity contribution in [3.05, 3.63) is 12.7 Å². The van der Waals surface area contributed by atoms with Crippen LogP contribution < -0.4 is 0 Å². The Balaban J connectivity index is 2.36. The number of hydrogen-bond acceptors (Lipinski definition) is 1. The van der Waals surface area contributed by atoms with Crippen LogP contribution in [0.3, 0.4) is 0 Å². The third-order valence-electron chi connectivity index (χ3n) is 5.21. The zero-order chi connectivity index (χ0) is 11.1. The largest absolute Gasteiger partial charge is 0.295 e. The van der Waals surface area contributed by atoms with Gasteiger partial charge in [-0.1, -0.05) is 25.8 Å². The van der Waals surface area contributed by atoms with Crippen molar-refractivity contribution in [1.82, 2.24) is 4.90 Å². The van der Waals surface area contributed by atoms with E-state index in [4.69, 9.17) is 0 Å². The van der Waals surface area contributed by atoms with Gasteiger partial charge in [0.15, 0.2) is 0 Å². The molecule has 15 heavy (non-hydrogen) atoms. The van der Waals surface area contributed by atoms with Gasteiger partial charge in [0.2, 0.25) is 0 Å². The van der Waals surface area contributed by atoms with Crippen LogP contribution in [0, 0.1) is 5.92 Å². The predicted octanol–water partition coefficient (Wildman–Crippen LogP) is 3.61. The Kier molecular flexibility index (Phi) is 2.70. The Labute approximate surface area is 94.5 Å². The maximum Gasteiger partial charge on any atom is 0.0272 e. The van der Waals surface area contributed by atoms with Crippen LogP contribution in [0.1, 0.15) is 52.4 Å². The molecule has 2 rings (SSSR count). The van der Waals surface area contributed by atoms with Crippen molar-refractivity contribution in [3.63, 3.8) is 0 Å². The normalized spacial score (nSPS) is 46.5. The second-order valence-electron chi connectivity index (χ2n) is 5.96. The van der Waals surface area contributed by atoms with Crippen molar-refractivity contribution in [3.8, 4) is 0 Å². The van der Waals surface area contributed by atoms with Gasteiger partial charge in [-0.15, -0.1) is 6.58 Å². The van der Waals surface area contributed by atoms with Crippen LogP contribution in [0.5, 0.6) is 0 Å². The maximum atomic E-state index is 3.96. The molecule has 0 aromatic rings. The molecule has 3 atom stereocenters. The summed E-state index contributed by atoms with van der Waals surface area (Å²) in [4.78, 5) is 2.69. The van der Waals surface area contributed by atoms with E-state index in [9.17, 15) is 0 Å².